The average molecular weight is 438 g/mol. The van der Waals surface area contributed by atoms with Gasteiger partial charge in [0.15, 0.2) is 0 Å². The van der Waals surface area contributed by atoms with Crippen molar-refractivity contribution in [2.45, 2.75) is 9.79 Å². The molecule has 0 spiro atoms. The first-order valence-corrected chi connectivity index (χ1v) is 10.6. The van der Waals surface area contributed by atoms with E-state index in [4.69, 9.17) is 11.5 Å². The van der Waals surface area contributed by atoms with E-state index in [9.17, 15) is 31.0 Å². The van der Waals surface area contributed by atoms with Crippen LogP contribution in [0.4, 0.5) is 22.7 Å². The summed E-state index contributed by atoms with van der Waals surface area (Å²) in [5.41, 5.74) is 11.2. The predicted octanol–water partition coefficient (Wildman–Crippen LogP) is 2.62. The number of benzene rings is 3. The van der Waals surface area contributed by atoms with E-state index in [2.05, 4.69) is 10.2 Å². The maximum Gasteiger partial charge on any atom is 0.296 e. The third-order valence-electron chi connectivity index (χ3n) is 3.89. The molecule has 3 rings (SSSR count). The summed E-state index contributed by atoms with van der Waals surface area (Å²) in [6, 6.07) is 8.19. The van der Waals surface area contributed by atoms with Gasteiger partial charge in [-0.15, -0.1) is 10.2 Å². The maximum absolute atomic E-state index is 11.5. The van der Waals surface area contributed by atoms with Crippen LogP contribution in [-0.4, -0.2) is 31.0 Å². The Bertz CT molecular complexity index is 1380. The average Bonchev–Trinajstić information content (AvgIpc) is 2.60. The van der Waals surface area contributed by atoms with Gasteiger partial charge in [0.2, 0.25) is 0 Å². The first-order valence-electron chi connectivity index (χ1n) is 7.69. The van der Waals surface area contributed by atoms with Crippen molar-refractivity contribution in [3.05, 3.63) is 42.5 Å². The Morgan fingerprint density at radius 1 is 0.828 bits per heavy atom. The van der Waals surface area contributed by atoms with Crippen LogP contribution < -0.4 is 11.5 Å². The largest absolute Gasteiger partial charge is 0.507 e. The molecule has 7 N–H and O–H groups in total. The molecule has 0 aromatic heterocycles. The molecule has 0 aliphatic carbocycles. The van der Waals surface area contributed by atoms with Crippen molar-refractivity contribution in [3.63, 3.8) is 0 Å². The van der Waals surface area contributed by atoms with Crippen LogP contribution >= 0.6 is 0 Å². The second kappa shape index (κ2) is 6.97. The van der Waals surface area contributed by atoms with Crippen LogP contribution in [0.1, 0.15) is 0 Å². The molecule has 0 heterocycles. The van der Waals surface area contributed by atoms with Crippen LogP contribution in [0.3, 0.4) is 0 Å². The first kappa shape index (κ1) is 20.5. The third-order valence-corrected chi connectivity index (χ3v) is 5.61. The first-order chi connectivity index (χ1) is 13.4. The van der Waals surface area contributed by atoms with Gasteiger partial charge in [-0.25, -0.2) is 0 Å². The summed E-state index contributed by atoms with van der Waals surface area (Å²) >= 11 is 0. The number of anilines is 2. The molecule has 0 aliphatic heterocycles. The smallest absolute Gasteiger partial charge is 0.296 e. The Morgan fingerprint density at radius 2 is 1.52 bits per heavy atom. The zero-order valence-electron chi connectivity index (χ0n) is 14.4. The van der Waals surface area contributed by atoms with E-state index in [1.54, 1.807) is 0 Å². The Labute approximate surface area is 164 Å². The van der Waals surface area contributed by atoms with Crippen LogP contribution in [-0.2, 0) is 20.2 Å². The lowest BCUT2D eigenvalue weighted by atomic mass is 10.1. The molecule has 3 aromatic rings. The van der Waals surface area contributed by atoms with Gasteiger partial charge in [-0.1, -0.05) is 6.07 Å². The third kappa shape index (κ3) is 4.12. The summed E-state index contributed by atoms with van der Waals surface area (Å²) in [6.07, 6.45) is 0. The van der Waals surface area contributed by atoms with Gasteiger partial charge in [0.25, 0.3) is 20.2 Å². The summed E-state index contributed by atoms with van der Waals surface area (Å²) in [4.78, 5) is -1.12. The summed E-state index contributed by atoms with van der Waals surface area (Å²) in [5.74, 6) is -0.552. The molecule has 29 heavy (non-hydrogen) atoms. The second-order valence-electron chi connectivity index (χ2n) is 5.92. The zero-order valence-corrected chi connectivity index (χ0v) is 16.0. The molecule has 0 saturated carbocycles. The Hall–Kier alpha value is -3.26. The van der Waals surface area contributed by atoms with Gasteiger partial charge in [-0.3, -0.25) is 9.11 Å². The highest BCUT2D eigenvalue weighted by Crippen LogP contribution is 2.40. The van der Waals surface area contributed by atoms with Crippen LogP contribution in [0, 0.1) is 0 Å². The van der Waals surface area contributed by atoms with Crippen molar-refractivity contribution < 1.29 is 31.0 Å². The van der Waals surface area contributed by atoms with Gasteiger partial charge >= 0.3 is 0 Å². The number of nitrogen functional groups attached to an aromatic ring is 2. The number of phenolic OH excluding ortho intramolecular Hbond substituents is 1. The summed E-state index contributed by atoms with van der Waals surface area (Å²) in [6.45, 7) is 0. The molecular weight excluding hydrogens is 424 g/mol. The maximum atomic E-state index is 11.5. The van der Waals surface area contributed by atoms with Crippen molar-refractivity contribution >= 4 is 53.8 Å². The van der Waals surface area contributed by atoms with E-state index in [0.717, 1.165) is 18.2 Å². The Morgan fingerprint density at radius 3 is 2.14 bits per heavy atom. The van der Waals surface area contributed by atoms with Gasteiger partial charge in [0.1, 0.15) is 22.0 Å². The number of nitrogens with two attached hydrogens (primary N) is 2. The highest BCUT2D eigenvalue weighted by atomic mass is 32.2. The van der Waals surface area contributed by atoms with Gasteiger partial charge in [0, 0.05) is 11.8 Å². The lowest BCUT2D eigenvalue weighted by Crippen LogP contribution is -1.99. The van der Waals surface area contributed by atoms with Crippen molar-refractivity contribution in [1.29, 1.82) is 0 Å². The van der Waals surface area contributed by atoms with E-state index in [1.165, 1.54) is 24.3 Å². The quantitative estimate of drug-likeness (QED) is 0.230. The van der Waals surface area contributed by atoms with Crippen LogP contribution in [0.25, 0.3) is 10.8 Å². The molecule has 0 fully saturated rings. The number of aromatic hydroxyl groups is 1. The second-order valence-corrected chi connectivity index (χ2v) is 8.73. The van der Waals surface area contributed by atoms with E-state index in [1.807, 2.05) is 0 Å². The highest BCUT2D eigenvalue weighted by Gasteiger charge is 2.18. The SMILES string of the molecule is Nc1ccc(N=Nc2c(N)ccc3cc(S(=O)(=O)O)cc(O)c23)c(S(=O)(=O)O)c1. The van der Waals surface area contributed by atoms with Crippen molar-refractivity contribution in [1.82, 2.24) is 0 Å². The summed E-state index contributed by atoms with van der Waals surface area (Å²) in [7, 11) is -9.22. The monoisotopic (exact) mass is 438 g/mol. The number of nitrogens with zero attached hydrogens (tertiary/aromatic N) is 2. The van der Waals surface area contributed by atoms with Gasteiger partial charge in [-0.05, 0) is 35.7 Å². The molecule has 13 heteroatoms. The lowest BCUT2D eigenvalue weighted by molar-refractivity contribution is 0.471. The van der Waals surface area contributed by atoms with Crippen molar-refractivity contribution in [2.75, 3.05) is 11.5 Å². The minimum Gasteiger partial charge on any atom is -0.507 e. The number of rotatable bonds is 4. The normalized spacial score (nSPS) is 12.6. The molecule has 0 atom stereocenters. The molecule has 152 valence electrons. The van der Waals surface area contributed by atoms with E-state index >= 15 is 0 Å². The number of azo groups is 1. The molecule has 0 aliphatic rings. The summed E-state index contributed by atoms with van der Waals surface area (Å²) < 4.78 is 64.3. The molecule has 0 radical (unpaired) electrons. The molecule has 0 saturated heterocycles. The minimum atomic E-state index is -4.65. The molecule has 0 unspecified atom stereocenters. The number of hydrogen-bond donors (Lipinski definition) is 5. The molecule has 11 nitrogen and oxygen atoms in total. The van der Waals surface area contributed by atoms with E-state index < -0.39 is 35.8 Å². The number of phenols is 1. The minimum absolute atomic E-state index is 0.0185. The predicted molar refractivity (Wildman–Crippen MR) is 105 cm³/mol. The van der Waals surface area contributed by atoms with Gasteiger partial charge in [-0.2, -0.15) is 16.8 Å². The van der Waals surface area contributed by atoms with Crippen molar-refractivity contribution in [3.8, 4) is 5.75 Å². The van der Waals surface area contributed by atoms with E-state index in [0.29, 0.717) is 0 Å². The fraction of sp³-hybridized carbons (Fsp3) is 0. The molecular formula is C16H14N4O7S2. The fourth-order valence-corrected chi connectivity index (χ4v) is 3.79. The summed E-state index contributed by atoms with van der Waals surface area (Å²) in [5, 5.41) is 18.1. The van der Waals surface area contributed by atoms with Crippen LogP contribution in [0.15, 0.2) is 62.5 Å². The highest BCUT2D eigenvalue weighted by molar-refractivity contribution is 7.86. The standard InChI is InChI=1S/C16H14N4O7S2/c17-9-2-4-12(14(6-9)29(25,26)27)19-20-16-11(18)3-1-8-5-10(28(22,23)24)7-13(21)15(8)16/h1-7,21H,17-18H2,(H,22,23,24)(H,25,26,27). The number of hydrogen-bond acceptors (Lipinski definition) is 9. The molecule has 3 aromatic carbocycles. The zero-order chi connectivity index (χ0) is 21.6. The van der Waals surface area contributed by atoms with Crippen LogP contribution in [0.5, 0.6) is 5.75 Å². The van der Waals surface area contributed by atoms with Crippen molar-refractivity contribution in [2.24, 2.45) is 10.2 Å². The Kier molecular flexibility index (Phi) is 4.92. The molecule has 0 bridgehead atoms. The molecule has 0 amide bonds. The van der Waals surface area contributed by atoms with Gasteiger partial charge in [0.05, 0.1) is 16.0 Å². The topological polar surface area (TPSA) is 206 Å². The fourth-order valence-electron chi connectivity index (χ4n) is 2.59. The lowest BCUT2D eigenvalue weighted by Gasteiger charge is -2.09. The van der Waals surface area contributed by atoms with Gasteiger partial charge < -0.3 is 16.6 Å². The number of fused-ring (bicyclic) bond motifs is 1. The van der Waals surface area contributed by atoms with E-state index in [-0.39, 0.29) is 33.5 Å². The van der Waals surface area contributed by atoms with Crippen LogP contribution in [0.2, 0.25) is 0 Å². The Balaban J connectivity index is 2.23.